The van der Waals surface area contributed by atoms with Gasteiger partial charge in [0.2, 0.25) is 0 Å². The van der Waals surface area contributed by atoms with Crippen molar-refractivity contribution < 1.29 is 4.74 Å². The van der Waals surface area contributed by atoms with E-state index in [1.54, 1.807) is 7.11 Å². The van der Waals surface area contributed by atoms with E-state index in [1.165, 1.54) is 0 Å². The average molecular weight is 341 g/mol. The number of nitrogens with zero attached hydrogens (tertiary/aromatic N) is 2. The highest BCUT2D eigenvalue weighted by Crippen LogP contribution is 2.15. The average Bonchev–Trinajstić information content (AvgIpc) is 2.63. The van der Waals surface area contributed by atoms with Crippen LogP contribution in [0.2, 0.25) is 0 Å². The molecule has 0 fully saturated rings. The van der Waals surface area contributed by atoms with Crippen molar-refractivity contribution in [2.24, 2.45) is 4.99 Å². The van der Waals surface area contributed by atoms with Gasteiger partial charge in [0.1, 0.15) is 11.6 Å². The number of amidine groups is 1. The van der Waals surface area contributed by atoms with Gasteiger partial charge in [-0.25, -0.2) is 4.99 Å². The van der Waals surface area contributed by atoms with Crippen LogP contribution in [0.4, 0.5) is 5.69 Å². The standard InChI is InChI=1S/C19H23N3OS/c1-4-22(5-2)18(15-9-7-6-8-10-15)21-19(24)20-16-11-13-17(23-3)14-12-16/h6-14H,4-5H2,1-3H3,(H,20,24). The van der Waals surface area contributed by atoms with E-state index in [0.29, 0.717) is 5.11 Å². The molecule has 2 aromatic rings. The molecule has 0 aliphatic rings. The second-order valence-electron chi connectivity index (χ2n) is 5.13. The van der Waals surface area contributed by atoms with Crippen LogP contribution in [0.3, 0.4) is 0 Å². The number of benzene rings is 2. The maximum Gasteiger partial charge on any atom is 0.199 e. The van der Waals surface area contributed by atoms with E-state index in [1.807, 2.05) is 54.6 Å². The highest BCUT2D eigenvalue weighted by Gasteiger charge is 2.11. The molecule has 2 rings (SSSR count). The third-order valence-electron chi connectivity index (χ3n) is 3.64. The van der Waals surface area contributed by atoms with Gasteiger partial charge in [-0.2, -0.15) is 0 Å². The second-order valence-corrected chi connectivity index (χ2v) is 5.52. The minimum absolute atomic E-state index is 0.436. The molecular formula is C19H23N3OS. The lowest BCUT2D eigenvalue weighted by Gasteiger charge is -2.23. The summed E-state index contributed by atoms with van der Waals surface area (Å²) in [4.78, 5) is 6.85. The number of hydrogen-bond acceptors (Lipinski definition) is 2. The Kier molecular flexibility index (Phi) is 6.75. The molecule has 1 N–H and O–H groups in total. The maximum absolute atomic E-state index is 5.43. The number of hydrogen-bond donors (Lipinski definition) is 1. The third kappa shape index (κ3) is 4.80. The van der Waals surface area contributed by atoms with Crippen molar-refractivity contribution in [2.45, 2.75) is 13.8 Å². The van der Waals surface area contributed by atoms with Gasteiger partial charge >= 0.3 is 0 Å². The van der Waals surface area contributed by atoms with Gasteiger partial charge in [-0.3, -0.25) is 0 Å². The van der Waals surface area contributed by atoms with Crippen LogP contribution in [0.15, 0.2) is 59.6 Å². The van der Waals surface area contributed by atoms with Crippen LogP contribution in [0.1, 0.15) is 19.4 Å². The molecule has 4 nitrogen and oxygen atoms in total. The van der Waals surface area contributed by atoms with Gasteiger partial charge in [0, 0.05) is 24.3 Å². The Labute approximate surface area is 149 Å². The Balaban J connectivity index is 2.22. The van der Waals surface area contributed by atoms with E-state index >= 15 is 0 Å². The molecule has 0 unspecified atom stereocenters. The zero-order chi connectivity index (χ0) is 17.4. The first kappa shape index (κ1) is 17.9. The van der Waals surface area contributed by atoms with Crippen LogP contribution in [0, 0.1) is 0 Å². The third-order valence-corrected chi connectivity index (χ3v) is 3.84. The zero-order valence-electron chi connectivity index (χ0n) is 14.3. The fourth-order valence-electron chi connectivity index (χ4n) is 2.35. The first-order valence-electron chi connectivity index (χ1n) is 8.02. The largest absolute Gasteiger partial charge is 0.497 e. The number of ether oxygens (including phenoxy) is 1. The summed E-state index contributed by atoms with van der Waals surface area (Å²) >= 11 is 5.43. The molecule has 5 heteroatoms. The van der Waals surface area contributed by atoms with Gasteiger partial charge in [-0.1, -0.05) is 30.3 Å². The lowest BCUT2D eigenvalue weighted by atomic mass is 10.2. The molecule has 0 aliphatic heterocycles. The fourth-order valence-corrected chi connectivity index (χ4v) is 2.55. The van der Waals surface area contributed by atoms with Crippen molar-refractivity contribution in [1.29, 1.82) is 0 Å². The lowest BCUT2D eigenvalue weighted by molar-refractivity contribution is 0.415. The first-order valence-corrected chi connectivity index (χ1v) is 8.42. The van der Waals surface area contributed by atoms with Crippen molar-refractivity contribution in [3.8, 4) is 5.75 Å². The van der Waals surface area contributed by atoms with Crippen LogP contribution < -0.4 is 10.1 Å². The van der Waals surface area contributed by atoms with E-state index in [0.717, 1.165) is 35.9 Å². The molecular weight excluding hydrogens is 318 g/mol. The predicted octanol–water partition coefficient (Wildman–Crippen LogP) is 4.18. The summed E-state index contributed by atoms with van der Waals surface area (Å²) in [6.45, 7) is 5.97. The van der Waals surface area contributed by atoms with Crippen molar-refractivity contribution in [3.63, 3.8) is 0 Å². The summed E-state index contributed by atoms with van der Waals surface area (Å²) in [7, 11) is 1.65. The smallest absolute Gasteiger partial charge is 0.199 e. The summed E-state index contributed by atoms with van der Waals surface area (Å²) < 4.78 is 5.16. The molecule has 0 saturated heterocycles. The first-order chi connectivity index (χ1) is 11.7. The van der Waals surface area contributed by atoms with E-state index < -0.39 is 0 Å². The summed E-state index contributed by atoms with van der Waals surface area (Å²) in [5.41, 5.74) is 1.94. The molecule has 0 spiro atoms. The molecule has 0 amide bonds. The van der Waals surface area contributed by atoms with Gasteiger partial charge in [-0.15, -0.1) is 0 Å². The van der Waals surface area contributed by atoms with Crippen molar-refractivity contribution in [3.05, 3.63) is 60.2 Å². The molecule has 2 aromatic carbocycles. The van der Waals surface area contributed by atoms with E-state index in [9.17, 15) is 0 Å². The Hall–Kier alpha value is -2.40. The minimum Gasteiger partial charge on any atom is -0.497 e. The van der Waals surface area contributed by atoms with Crippen LogP contribution in [-0.4, -0.2) is 36.0 Å². The lowest BCUT2D eigenvalue weighted by Crippen LogP contribution is -2.32. The molecule has 126 valence electrons. The normalized spacial score (nSPS) is 11.0. The maximum atomic E-state index is 5.43. The molecule has 0 heterocycles. The van der Waals surface area contributed by atoms with Crippen molar-refractivity contribution >= 4 is 28.9 Å². The summed E-state index contributed by atoms with van der Waals surface area (Å²) in [5.74, 6) is 1.69. The summed E-state index contributed by atoms with van der Waals surface area (Å²) in [6, 6.07) is 17.7. The second kappa shape index (κ2) is 9.03. The zero-order valence-corrected chi connectivity index (χ0v) is 15.1. The molecule has 24 heavy (non-hydrogen) atoms. The van der Waals surface area contributed by atoms with E-state index in [4.69, 9.17) is 17.0 Å². The predicted molar refractivity (Wildman–Crippen MR) is 105 cm³/mol. The summed E-state index contributed by atoms with van der Waals surface area (Å²) in [5, 5.41) is 3.59. The SMILES string of the molecule is CCN(CC)C(=NC(=S)Nc1ccc(OC)cc1)c1ccccc1. The minimum atomic E-state index is 0.436. The van der Waals surface area contributed by atoms with Crippen LogP contribution in [0.5, 0.6) is 5.75 Å². The van der Waals surface area contributed by atoms with Gasteiger partial charge < -0.3 is 15.0 Å². The topological polar surface area (TPSA) is 36.9 Å². The van der Waals surface area contributed by atoms with Gasteiger partial charge in [0.05, 0.1) is 7.11 Å². The van der Waals surface area contributed by atoms with Crippen molar-refractivity contribution in [1.82, 2.24) is 4.90 Å². The number of aliphatic imine (C=N–C) groups is 1. The molecule has 0 aromatic heterocycles. The van der Waals surface area contributed by atoms with Gasteiger partial charge in [-0.05, 0) is 50.3 Å². The molecule has 0 saturated carbocycles. The number of thiocarbonyl (C=S) groups is 1. The number of nitrogens with one attached hydrogen (secondary N) is 1. The molecule has 0 radical (unpaired) electrons. The highest BCUT2D eigenvalue weighted by molar-refractivity contribution is 7.80. The molecule has 0 bridgehead atoms. The van der Waals surface area contributed by atoms with Gasteiger partial charge in [0.15, 0.2) is 5.11 Å². The highest BCUT2D eigenvalue weighted by atomic mass is 32.1. The van der Waals surface area contributed by atoms with E-state index in [-0.39, 0.29) is 0 Å². The fraction of sp³-hybridized carbons (Fsp3) is 0.263. The monoisotopic (exact) mass is 341 g/mol. The Bertz CT molecular complexity index is 680. The summed E-state index contributed by atoms with van der Waals surface area (Å²) in [6.07, 6.45) is 0. The number of anilines is 1. The van der Waals surface area contributed by atoms with Crippen LogP contribution in [0.25, 0.3) is 0 Å². The number of methoxy groups -OCH3 is 1. The molecule has 0 atom stereocenters. The van der Waals surface area contributed by atoms with Crippen molar-refractivity contribution in [2.75, 3.05) is 25.5 Å². The Morgan fingerprint density at radius 2 is 1.67 bits per heavy atom. The Morgan fingerprint density at radius 3 is 2.21 bits per heavy atom. The molecule has 0 aliphatic carbocycles. The Morgan fingerprint density at radius 1 is 1.04 bits per heavy atom. The van der Waals surface area contributed by atoms with E-state index in [2.05, 4.69) is 29.1 Å². The van der Waals surface area contributed by atoms with Gasteiger partial charge in [0.25, 0.3) is 0 Å². The van der Waals surface area contributed by atoms with Crippen LogP contribution in [-0.2, 0) is 0 Å². The quantitative estimate of drug-likeness (QED) is 0.503. The van der Waals surface area contributed by atoms with Crippen LogP contribution >= 0.6 is 12.2 Å². The number of rotatable bonds is 5.